The Hall–Kier alpha value is -1.07. The molecule has 0 spiro atoms. The molecule has 3 N–H and O–H groups in total. The SMILES string of the molecule is COc1c(O)cc(Br)c(/C=C/CN)c1F. The van der Waals surface area contributed by atoms with E-state index in [0.717, 1.165) is 0 Å². The molecule has 0 saturated heterocycles. The van der Waals surface area contributed by atoms with Gasteiger partial charge in [0.15, 0.2) is 17.3 Å². The van der Waals surface area contributed by atoms with E-state index in [9.17, 15) is 9.50 Å². The number of benzene rings is 1. The van der Waals surface area contributed by atoms with Crippen molar-refractivity contribution in [3.63, 3.8) is 0 Å². The summed E-state index contributed by atoms with van der Waals surface area (Å²) in [5, 5.41) is 9.38. The maximum atomic E-state index is 13.7. The van der Waals surface area contributed by atoms with Crippen molar-refractivity contribution < 1.29 is 14.2 Å². The summed E-state index contributed by atoms with van der Waals surface area (Å²) in [7, 11) is 1.29. The predicted octanol–water partition coefficient (Wildman–Crippen LogP) is 2.27. The smallest absolute Gasteiger partial charge is 0.197 e. The minimum Gasteiger partial charge on any atom is -0.504 e. The number of nitrogens with two attached hydrogens (primary N) is 1. The Morgan fingerprint density at radius 1 is 1.67 bits per heavy atom. The Kier molecular flexibility index (Phi) is 4.11. The average Bonchev–Trinajstić information content (AvgIpc) is 2.17. The van der Waals surface area contributed by atoms with Crippen LogP contribution in [0.5, 0.6) is 11.5 Å². The van der Waals surface area contributed by atoms with Gasteiger partial charge in [0.25, 0.3) is 0 Å². The van der Waals surface area contributed by atoms with Crippen LogP contribution < -0.4 is 10.5 Å². The van der Waals surface area contributed by atoms with Crippen LogP contribution in [0, 0.1) is 5.82 Å². The summed E-state index contributed by atoms with van der Waals surface area (Å²) in [5.41, 5.74) is 5.57. The molecule has 82 valence electrons. The molecule has 0 fully saturated rings. The lowest BCUT2D eigenvalue weighted by atomic mass is 10.1. The van der Waals surface area contributed by atoms with Gasteiger partial charge in [-0.3, -0.25) is 0 Å². The standard InChI is InChI=1S/C10H11BrFNO2/c1-15-10-8(14)5-7(11)6(9(10)12)3-2-4-13/h2-3,5,14H,4,13H2,1H3/b3-2+. The van der Waals surface area contributed by atoms with E-state index in [4.69, 9.17) is 10.5 Å². The zero-order valence-corrected chi connectivity index (χ0v) is 9.71. The molecular weight excluding hydrogens is 265 g/mol. The van der Waals surface area contributed by atoms with Gasteiger partial charge < -0.3 is 15.6 Å². The highest BCUT2D eigenvalue weighted by atomic mass is 79.9. The van der Waals surface area contributed by atoms with Crippen LogP contribution in [0.3, 0.4) is 0 Å². The topological polar surface area (TPSA) is 55.5 Å². The van der Waals surface area contributed by atoms with Crippen molar-refractivity contribution in [2.45, 2.75) is 0 Å². The quantitative estimate of drug-likeness (QED) is 0.890. The molecule has 1 rings (SSSR count). The first-order valence-corrected chi connectivity index (χ1v) is 5.02. The maximum Gasteiger partial charge on any atom is 0.197 e. The third kappa shape index (κ3) is 2.49. The maximum absolute atomic E-state index is 13.7. The highest BCUT2D eigenvalue weighted by Gasteiger charge is 2.15. The van der Waals surface area contributed by atoms with Gasteiger partial charge in [-0.25, -0.2) is 4.39 Å². The van der Waals surface area contributed by atoms with Crippen LogP contribution in [0.4, 0.5) is 4.39 Å². The van der Waals surface area contributed by atoms with Crippen LogP contribution in [0.25, 0.3) is 6.08 Å². The Morgan fingerprint density at radius 3 is 2.87 bits per heavy atom. The van der Waals surface area contributed by atoms with Crippen molar-refractivity contribution in [2.75, 3.05) is 13.7 Å². The number of rotatable bonds is 3. The van der Waals surface area contributed by atoms with Crippen molar-refractivity contribution in [1.82, 2.24) is 0 Å². The fraction of sp³-hybridized carbons (Fsp3) is 0.200. The zero-order valence-electron chi connectivity index (χ0n) is 8.13. The molecule has 15 heavy (non-hydrogen) atoms. The molecule has 3 nitrogen and oxygen atoms in total. The molecule has 0 saturated carbocycles. The van der Waals surface area contributed by atoms with Gasteiger partial charge in [-0.1, -0.05) is 12.2 Å². The van der Waals surface area contributed by atoms with Crippen molar-refractivity contribution in [2.24, 2.45) is 5.73 Å². The van der Waals surface area contributed by atoms with Gasteiger partial charge >= 0.3 is 0 Å². The number of ether oxygens (including phenoxy) is 1. The van der Waals surface area contributed by atoms with E-state index in [1.54, 1.807) is 6.08 Å². The zero-order chi connectivity index (χ0) is 11.4. The molecule has 1 aromatic rings. The Morgan fingerprint density at radius 2 is 2.33 bits per heavy atom. The number of phenols is 1. The highest BCUT2D eigenvalue weighted by molar-refractivity contribution is 9.10. The number of hydrogen-bond donors (Lipinski definition) is 2. The molecule has 0 aliphatic carbocycles. The van der Waals surface area contributed by atoms with Crippen molar-refractivity contribution in [3.8, 4) is 11.5 Å². The minimum absolute atomic E-state index is 0.171. The van der Waals surface area contributed by atoms with Crippen LogP contribution in [0.1, 0.15) is 5.56 Å². The number of aromatic hydroxyl groups is 1. The normalized spacial score (nSPS) is 10.9. The Labute approximate surface area is 95.5 Å². The van der Waals surface area contributed by atoms with E-state index >= 15 is 0 Å². The van der Waals surface area contributed by atoms with Crippen LogP contribution in [-0.4, -0.2) is 18.8 Å². The molecule has 0 aromatic heterocycles. The first-order valence-electron chi connectivity index (χ1n) is 4.23. The predicted molar refractivity (Wildman–Crippen MR) is 60.4 cm³/mol. The van der Waals surface area contributed by atoms with E-state index in [-0.39, 0.29) is 11.5 Å². The van der Waals surface area contributed by atoms with Gasteiger partial charge in [-0.05, 0) is 22.0 Å². The van der Waals surface area contributed by atoms with Gasteiger partial charge in [0.05, 0.1) is 7.11 Å². The van der Waals surface area contributed by atoms with Gasteiger partial charge in [0.2, 0.25) is 0 Å². The summed E-state index contributed by atoms with van der Waals surface area (Å²) in [4.78, 5) is 0. The largest absolute Gasteiger partial charge is 0.504 e. The molecule has 0 aliphatic heterocycles. The van der Waals surface area contributed by atoms with Gasteiger partial charge in [0.1, 0.15) is 0 Å². The number of methoxy groups -OCH3 is 1. The summed E-state index contributed by atoms with van der Waals surface area (Å²) in [5.74, 6) is -1.03. The molecular formula is C10H11BrFNO2. The first kappa shape index (κ1) is 12.0. The molecule has 0 unspecified atom stereocenters. The third-order valence-electron chi connectivity index (χ3n) is 1.81. The van der Waals surface area contributed by atoms with E-state index in [0.29, 0.717) is 16.6 Å². The molecule has 0 aliphatic rings. The van der Waals surface area contributed by atoms with Crippen LogP contribution in [0.15, 0.2) is 16.6 Å². The van der Waals surface area contributed by atoms with Gasteiger partial charge in [-0.15, -0.1) is 0 Å². The minimum atomic E-state index is -0.617. The summed E-state index contributed by atoms with van der Waals surface area (Å²) in [6.45, 7) is 0.315. The average molecular weight is 276 g/mol. The number of phenolic OH excluding ortho intramolecular Hbond substituents is 1. The molecule has 5 heteroatoms. The second-order valence-corrected chi connectivity index (χ2v) is 3.63. The summed E-state index contributed by atoms with van der Waals surface area (Å²) < 4.78 is 18.9. The molecule has 1 aromatic carbocycles. The Balaban J connectivity index is 3.32. The fourth-order valence-corrected chi connectivity index (χ4v) is 1.66. The highest BCUT2D eigenvalue weighted by Crippen LogP contribution is 2.36. The lowest BCUT2D eigenvalue weighted by molar-refractivity contribution is 0.350. The van der Waals surface area contributed by atoms with Crippen LogP contribution >= 0.6 is 15.9 Å². The summed E-state index contributed by atoms with van der Waals surface area (Å²) in [6.07, 6.45) is 3.14. The van der Waals surface area contributed by atoms with E-state index in [1.807, 2.05) is 0 Å². The van der Waals surface area contributed by atoms with Gasteiger partial charge in [0, 0.05) is 16.6 Å². The molecule has 0 radical (unpaired) electrons. The Bertz CT molecular complexity index is 393. The second kappa shape index (κ2) is 5.14. The van der Waals surface area contributed by atoms with Gasteiger partial charge in [-0.2, -0.15) is 0 Å². The summed E-state index contributed by atoms with van der Waals surface area (Å²) >= 11 is 3.14. The van der Waals surface area contributed by atoms with E-state index < -0.39 is 5.82 Å². The second-order valence-electron chi connectivity index (χ2n) is 2.78. The number of hydrogen-bond acceptors (Lipinski definition) is 3. The number of halogens is 2. The monoisotopic (exact) mass is 275 g/mol. The molecule has 0 atom stereocenters. The van der Waals surface area contributed by atoms with Crippen LogP contribution in [0.2, 0.25) is 0 Å². The first-order chi connectivity index (χ1) is 7.11. The third-order valence-corrected chi connectivity index (χ3v) is 2.47. The lowest BCUT2D eigenvalue weighted by Gasteiger charge is -2.08. The van der Waals surface area contributed by atoms with Crippen molar-refractivity contribution >= 4 is 22.0 Å². The molecule has 0 bridgehead atoms. The van der Waals surface area contributed by atoms with E-state index in [2.05, 4.69) is 15.9 Å². The summed E-state index contributed by atoms with van der Waals surface area (Å²) in [6, 6.07) is 1.37. The fourth-order valence-electron chi connectivity index (χ4n) is 1.14. The lowest BCUT2D eigenvalue weighted by Crippen LogP contribution is -1.95. The molecule has 0 heterocycles. The molecule has 0 amide bonds. The van der Waals surface area contributed by atoms with Crippen LogP contribution in [-0.2, 0) is 0 Å². The van der Waals surface area contributed by atoms with E-state index in [1.165, 1.54) is 19.3 Å². The van der Waals surface area contributed by atoms with Crippen molar-refractivity contribution in [1.29, 1.82) is 0 Å². The van der Waals surface area contributed by atoms with Crippen molar-refractivity contribution in [3.05, 3.63) is 28.0 Å².